The summed E-state index contributed by atoms with van der Waals surface area (Å²) in [5, 5.41) is 1.56. The molecule has 128 valence electrons. The minimum absolute atomic E-state index is 0.120. The largest absolute Gasteiger partial charge is 0.462 e. The molecule has 24 heavy (non-hydrogen) atoms. The molecule has 0 atom stereocenters. The Bertz CT molecular complexity index is 774. The molecule has 1 amide bonds. The Hall–Kier alpha value is -2.49. The van der Waals surface area contributed by atoms with E-state index in [4.69, 9.17) is 0 Å². The Balaban J connectivity index is 2.33. The van der Waals surface area contributed by atoms with Crippen molar-refractivity contribution in [3.63, 3.8) is 0 Å². The van der Waals surface area contributed by atoms with Gasteiger partial charge in [0, 0.05) is 0 Å². The predicted octanol–water partition coefficient (Wildman–Crippen LogP) is 3.73. The zero-order valence-electron chi connectivity index (χ0n) is 12.1. The Morgan fingerprint density at radius 1 is 1.29 bits per heavy atom. The van der Waals surface area contributed by atoms with Crippen LogP contribution in [0.25, 0.3) is 0 Å². The monoisotopic (exact) mass is 362 g/mol. The van der Waals surface area contributed by atoms with E-state index < -0.39 is 39.6 Å². The number of anilines is 1. The average Bonchev–Trinajstić information content (AvgIpc) is 2.92. The highest BCUT2D eigenvalue weighted by molar-refractivity contribution is 7.17. The van der Waals surface area contributed by atoms with Crippen LogP contribution in [-0.2, 0) is 10.9 Å². The number of halogens is 4. The van der Waals surface area contributed by atoms with Crippen molar-refractivity contribution in [3.8, 4) is 0 Å². The number of rotatable bonds is 4. The number of nitrogens with zero attached hydrogens (tertiary/aromatic N) is 1. The third kappa shape index (κ3) is 3.88. The maximum Gasteiger partial charge on any atom is 0.435 e. The van der Waals surface area contributed by atoms with Crippen molar-refractivity contribution >= 4 is 28.3 Å². The first-order chi connectivity index (χ1) is 11.2. The first-order valence-electron chi connectivity index (χ1n) is 6.55. The molecule has 1 aromatic carbocycles. The van der Waals surface area contributed by atoms with Gasteiger partial charge < -0.3 is 4.74 Å². The van der Waals surface area contributed by atoms with Gasteiger partial charge in [0.05, 0.1) is 12.2 Å². The topological polar surface area (TPSA) is 68.3 Å². The molecule has 0 aliphatic heterocycles. The van der Waals surface area contributed by atoms with Gasteiger partial charge in [0.1, 0.15) is 10.7 Å². The number of carbonyl (C=O) groups is 2. The summed E-state index contributed by atoms with van der Waals surface area (Å²) in [6.07, 6.45) is -4.90. The lowest BCUT2D eigenvalue weighted by atomic mass is 10.2. The molecule has 1 aromatic heterocycles. The highest BCUT2D eigenvalue weighted by atomic mass is 32.1. The van der Waals surface area contributed by atoms with E-state index in [1.807, 2.05) is 5.32 Å². The molecule has 0 saturated carbocycles. The Labute approximate surface area is 137 Å². The summed E-state index contributed by atoms with van der Waals surface area (Å²) in [6, 6.07) is 4.94. The number of ether oxygens (including phenoxy) is 1. The van der Waals surface area contributed by atoms with Crippen LogP contribution in [0.15, 0.2) is 24.3 Å². The average molecular weight is 362 g/mol. The number of benzene rings is 1. The number of esters is 1. The fraction of sp³-hybridized carbons (Fsp3) is 0.214. The maximum absolute atomic E-state index is 13.5. The van der Waals surface area contributed by atoms with Crippen LogP contribution in [-0.4, -0.2) is 23.5 Å². The molecular formula is C14H10F4N2O3S. The van der Waals surface area contributed by atoms with E-state index in [0.717, 1.165) is 12.1 Å². The number of hydrogen-bond donors (Lipinski definition) is 1. The molecule has 0 aliphatic rings. The molecule has 0 unspecified atom stereocenters. The zero-order chi connectivity index (χ0) is 17.9. The molecule has 1 N–H and O–H groups in total. The van der Waals surface area contributed by atoms with Gasteiger partial charge in [-0.15, -0.1) is 0 Å². The zero-order valence-corrected chi connectivity index (χ0v) is 12.9. The van der Waals surface area contributed by atoms with Gasteiger partial charge in [0.2, 0.25) is 0 Å². The minimum Gasteiger partial charge on any atom is -0.462 e. The lowest BCUT2D eigenvalue weighted by molar-refractivity contribution is -0.141. The third-order valence-corrected chi connectivity index (χ3v) is 3.65. The quantitative estimate of drug-likeness (QED) is 0.665. The molecule has 10 heteroatoms. The van der Waals surface area contributed by atoms with Gasteiger partial charge in [-0.3, -0.25) is 10.1 Å². The molecule has 5 nitrogen and oxygen atoms in total. The van der Waals surface area contributed by atoms with Crippen LogP contribution in [0.3, 0.4) is 0 Å². The van der Waals surface area contributed by atoms with E-state index in [-0.39, 0.29) is 12.2 Å². The number of alkyl halides is 3. The Morgan fingerprint density at radius 3 is 2.54 bits per heavy atom. The minimum atomic E-state index is -4.90. The number of nitrogens with one attached hydrogen (secondary N) is 1. The van der Waals surface area contributed by atoms with Crippen molar-refractivity contribution < 1.29 is 31.9 Å². The number of aromatic nitrogens is 1. The highest BCUT2D eigenvalue weighted by Gasteiger charge is 2.40. The summed E-state index contributed by atoms with van der Waals surface area (Å²) in [7, 11) is 0. The van der Waals surface area contributed by atoms with Gasteiger partial charge in [-0.25, -0.2) is 14.2 Å². The lowest BCUT2D eigenvalue weighted by Gasteiger charge is -2.05. The summed E-state index contributed by atoms with van der Waals surface area (Å²) >= 11 is 0.303. The van der Waals surface area contributed by atoms with Crippen LogP contribution in [0, 0.1) is 5.82 Å². The first kappa shape index (κ1) is 17.9. The van der Waals surface area contributed by atoms with Gasteiger partial charge >= 0.3 is 12.1 Å². The smallest absolute Gasteiger partial charge is 0.435 e. The summed E-state index contributed by atoms with van der Waals surface area (Å²) < 4.78 is 56.9. The number of carbonyl (C=O) groups excluding carboxylic acids is 2. The van der Waals surface area contributed by atoms with Crippen molar-refractivity contribution in [1.29, 1.82) is 0 Å². The van der Waals surface area contributed by atoms with Crippen LogP contribution < -0.4 is 5.32 Å². The van der Waals surface area contributed by atoms with Crippen molar-refractivity contribution in [2.45, 2.75) is 13.1 Å². The first-order valence-corrected chi connectivity index (χ1v) is 7.36. The SMILES string of the molecule is CCOC(=O)c1sc(NC(=O)c2ccccc2F)nc1C(F)(F)F. The van der Waals surface area contributed by atoms with Crippen molar-refractivity contribution in [2.75, 3.05) is 11.9 Å². The molecule has 0 fully saturated rings. The maximum atomic E-state index is 13.5. The van der Waals surface area contributed by atoms with E-state index in [1.54, 1.807) is 0 Å². The van der Waals surface area contributed by atoms with Crippen molar-refractivity contribution in [1.82, 2.24) is 4.98 Å². The number of amides is 1. The molecule has 2 aromatic rings. The van der Waals surface area contributed by atoms with Crippen molar-refractivity contribution in [2.24, 2.45) is 0 Å². The van der Waals surface area contributed by atoms with Gasteiger partial charge in [0.25, 0.3) is 5.91 Å². The molecule has 2 rings (SSSR count). The number of thiazole rings is 1. The molecule has 0 saturated heterocycles. The van der Waals surface area contributed by atoms with Gasteiger partial charge in [0.15, 0.2) is 10.8 Å². The highest BCUT2D eigenvalue weighted by Crippen LogP contribution is 2.36. The Morgan fingerprint density at radius 2 is 1.96 bits per heavy atom. The van der Waals surface area contributed by atoms with Gasteiger partial charge in [-0.05, 0) is 19.1 Å². The molecule has 0 radical (unpaired) electrons. The molecule has 1 heterocycles. The fourth-order valence-electron chi connectivity index (χ4n) is 1.71. The van der Waals surface area contributed by atoms with Crippen LogP contribution in [0.4, 0.5) is 22.7 Å². The van der Waals surface area contributed by atoms with Crippen LogP contribution >= 0.6 is 11.3 Å². The molecule has 0 bridgehead atoms. The summed E-state index contributed by atoms with van der Waals surface area (Å²) in [5.74, 6) is -3.02. The van der Waals surface area contributed by atoms with E-state index in [2.05, 4.69) is 9.72 Å². The predicted molar refractivity (Wildman–Crippen MR) is 77.4 cm³/mol. The molecule has 0 spiro atoms. The van der Waals surface area contributed by atoms with E-state index in [0.29, 0.717) is 11.3 Å². The van der Waals surface area contributed by atoms with Crippen molar-refractivity contribution in [3.05, 3.63) is 46.2 Å². The fourth-order valence-corrected chi connectivity index (χ4v) is 2.58. The number of hydrogen-bond acceptors (Lipinski definition) is 5. The van der Waals surface area contributed by atoms with Crippen LogP contribution in [0.5, 0.6) is 0 Å². The van der Waals surface area contributed by atoms with E-state index in [9.17, 15) is 27.2 Å². The van der Waals surface area contributed by atoms with E-state index in [1.165, 1.54) is 19.1 Å². The van der Waals surface area contributed by atoms with Crippen LogP contribution in [0.2, 0.25) is 0 Å². The second kappa shape index (κ2) is 6.95. The second-order valence-corrected chi connectivity index (χ2v) is 5.35. The van der Waals surface area contributed by atoms with Gasteiger partial charge in [-0.2, -0.15) is 13.2 Å². The third-order valence-electron chi connectivity index (χ3n) is 2.70. The Kier molecular flexibility index (Phi) is 5.17. The van der Waals surface area contributed by atoms with E-state index >= 15 is 0 Å². The summed E-state index contributed by atoms with van der Waals surface area (Å²) in [4.78, 5) is 26.0. The summed E-state index contributed by atoms with van der Waals surface area (Å²) in [6.45, 7) is 1.32. The normalized spacial score (nSPS) is 11.2. The molecular weight excluding hydrogens is 352 g/mol. The van der Waals surface area contributed by atoms with Crippen LogP contribution in [0.1, 0.15) is 32.6 Å². The second-order valence-electron chi connectivity index (χ2n) is 4.35. The standard InChI is InChI=1S/C14H10F4N2O3S/c1-2-23-12(22)9-10(14(16,17)18)19-13(24-9)20-11(21)7-5-3-4-6-8(7)15/h3-6H,2H2,1H3,(H,19,20,21). The summed E-state index contributed by atoms with van der Waals surface area (Å²) in [5.41, 5.74) is -1.83. The van der Waals surface area contributed by atoms with Gasteiger partial charge in [-0.1, -0.05) is 23.5 Å². The molecule has 0 aliphatic carbocycles. The lowest BCUT2D eigenvalue weighted by Crippen LogP contribution is -2.15.